The van der Waals surface area contributed by atoms with Crippen molar-refractivity contribution in [1.82, 2.24) is 10.2 Å². The number of pyridine rings is 1. The molecule has 0 spiro atoms. The van der Waals surface area contributed by atoms with Crippen LogP contribution in [0.15, 0.2) is 42.6 Å². The number of ether oxygens (including phenoxy) is 1. The Kier molecular flexibility index (Phi) is 8.79. The number of aryl methyl sites for hydroxylation is 2. The molecule has 0 aliphatic rings. The number of carbonyl (C=O) groups excluding carboxylic acids is 1. The summed E-state index contributed by atoms with van der Waals surface area (Å²) in [6.45, 7) is 9.78. The van der Waals surface area contributed by atoms with E-state index in [1.807, 2.05) is 0 Å². The number of hydrogen-bond donors (Lipinski definition) is 1. The highest BCUT2D eigenvalue weighted by atomic mass is 19.4. The van der Waals surface area contributed by atoms with Gasteiger partial charge in [-0.15, -0.1) is 0 Å². The zero-order chi connectivity index (χ0) is 27.3. The molecule has 0 amide bonds. The molecule has 36 heavy (non-hydrogen) atoms. The van der Waals surface area contributed by atoms with Gasteiger partial charge in [0.15, 0.2) is 5.82 Å². The van der Waals surface area contributed by atoms with Gasteiger partial charge in [-0.2, -0.15) is 13.2 Å². The molecule has 2 aromatic rings. The molecule has 0 aliphatic carbocycles. The van der Waals surface area contributed by atoms with E-state index in [9.17, 15) is 27.9 Å². The van der Waals surface area contributed by atoms with Crippen molar-refractivity contribution < 1.29 is 42.3 Å². The van der Waals surface area contributed by atoms with E-state index in [-0.39, 0.29) is 5.82 Å². The van der Waals surface area contributed by atoms with E-state index >= 15 is 0 Å². The standard InChI is InChI=1S/C24H30F3N3O6/c1-22(2,3)30(35-20(31)32)29(36-21(33)34-23(4,5)6)19-14-11-17(15-28-19)8-7-16-9-12-18(13-10-16)24(25,26)27/h9-15H,7-8H2,1-6H3,(H,31,32). The number of halogens is 3. The van der Waals surface area contributed by atoms with Crippen LogP contribution in [0.25, 0.3) is 0 Å². The molecule has 0 aliphatic heterocycles. The number of alkyl halides is 3. The van der Waals surface area contributed by atoms with Crippen LogP contribution in [0.3, 0.4) is 0 Å². The third-order valence-electron chi connectivity index (χ3n) is 4.44. The summed E-state index contributed by atoms with van der Waals surface area (Å²) in [4.78, 5) is 38.0. The number of hydrazine groups is 1. The van der Waals surface area contributed by atoms with Crippen molar-refractivity contribution in [3.05, 3.63) is 59.3 Å². The first-order chi connectivity index (χ1) is 16.5. The molecular weight excluding hydrogens is 483 g/mol. The third-order valence-corrected chi connectivity index (χ3v) is 4.44. The second-order valence-electron chi connectivity index (χ2n) is 9.85. The van der Waals surface area contributed by atoms with Gasteiger partial charge in [-0.05, 0) is 88.9 Å². The summed E-state index contributed by atoms with van der Waals surface area (Å²) >= 11 is 0. The number of anilines is 1. The molecule has 0 fully saturated rings. The Bertz CT molecular complexity index is 1030. The van der Waals surface area contributed by atoms with Crippen molar-refractivity contribution in [2.75, 3.05) is 5.17 Å². The van der Waals surface area contributed by atoms with E-state index in [1.54, 1.807) is 47.6 Å². The SMILES string of the molecule is CC(C)(C)OC(=O)ON(c1ccc(CCc2ccc(C(F)(F)F)cc2)cn1)N(OC(=O)O)C(C)(C)C. The molecule has 2 rings (SSSR count). The van der Waals surface area contributed by atoms with Gasteiger partial charge < -0.3 is 14.7 Å². The average molecular weight is 514 g/mol. The van der Waals surface area contributed by atoms with E-state index in [4.69, 9.17) is 14.4 Å². The molecule has 12 heteroatoms. The van der Waals surface area contributed by atoms with E-state index in [0.29, 0.717) is 12.8 Å². The van der Waals surface area contributed by atoms with Gasteiger partial charge in [0.05, 0.1) is 11.1 Å². The van der Waals surface area contributed by atoms with Crippen LogP contribution in [-0.2, 0) is 33.4 Å². The van der Waals surface area contributed by atoms with Gasteiger partial charge >= 0.3 is 18.5 Å². The molecule has 1 heterocycles. The highest BCUT2D eigenvalue weighted by molar-refractivity contribution is 5.62. The van der Waals surface area contributed by atoms with Crippen molar-refractivity contribution >= 4 is 18.1 Å². The number of hydroxylamine groups is 1. The maximum absolute atomic E-state index is 12.7. The van der Waals surface area contributed by atoms with Crippen molar-refractivity contribution in [3.8, 4) is 0 Å². The second kappa shape index (κ2) is 11.0. The lowest BCUT2D eigenvalue weighted by Gasteiger charge is -2.38. The Morgan fingerprint density at radius 2 is 1.44 bits per heavy atom. The fourth-order valence-electron chi connectivity index (χ4n) is 2.86. The molecule has 1 aromatic heterocycles. The minimum atomic E-state index is -4.39. The zero-order valence-corrected chi connectivity index (χ0v) is 20.9. The molecule has 1 N–H and O–H groups in total. The van der Waals surface area contributed by atoms with Gasteiger partial charge in [-0.3, -0.25) is 4.84 Å². The number of carboxylic acid groups (broad SMARTS) is 1. The molecule has 0 saturated heterocycles. The molecule has 9 nitrogen and oxygen atoms in total. The Hall–Kier alpha value is -3.54. The molecule has 0 radical (unpaired) electrons. The Morgan fingerprint density at radius 1 is 0.889 bits per heavy atom. The summed E-state index contributed by atoms with van der Waals surface area (Å²) in [6, 6.07) is 8.06. The van der Waals surface area contributed by atoms with Crippen molar-refractivity contribution in [2.24, 2.45) is 0 Å². The number of rotatable bonds is 7. The summed E-state index contributed by atoms with van der Waals surface area (Å²) in [5.41, 5.74) is -1.12. The number of aromatic nitrogens is 1. The topological polar surface area (TPSA) is 101 Å². The van der Waals surface area contributed by atoms with Gasteiger partial charge in [0, 0.05) is 6.20 Å². The lowest BCUT2D eigenvalue weighted by atomic mass is 10.0. The molecule has 0 atom stereocenters. The third kappa shape index (κ3) is 8.91. The van der Waals surface area contributed by atoms with Gasteiger partial charge in [0.25, 0.3) is 0 Å². The predicted molar refractivity (Wildman–Crippen MR) is 124 cm³/mol. The second-order valence-corrected chi connectivity index (χ2v) is 9.85. The van der Waals surface area contributed by atoms with Crippen LogP contribution in [-0.4, -0.2) is 38.7 Å². The smallest absolute Gasteiger partial charge is 0.448 e. The summed E-state index contributed by atoms with van der Waals surface area (Å²) in [7, 11) is 0. The normalized spacial score (nSPS) is 12.3. The van der Waals surface area contributed by atoms with Gasteiger partial charge in [0.1, 0.15) is 5.60 Å². The monoisotopic (exact) mass is 513 g/mol. The first-order valence-corrected chi connectivity index (χ1v) is 11.0. The number of carbonyl (C=O) groups is 2. The van der Waals surface area contributed by atoms with Crippen LogP contribution >= 0.6 is 0 Å². The summed E-state index contributed by atoms with van der Waals surface area (Å²) < 4.78 is 43.4. The maximum atomic E-state index is 12.7. The number of hydrogen-bond acceptors (Lipinski definition) is 8. The van der Waals surface area contributed by atoms with E-state index in [1.165, 1.54) is 24.4 Å². The van der Waals surface area contributed by atoms with Crippen molar-refractivity contribution in [3.63, 3.8) is 0 Å². The minimum Gasteiger partial charge on any atom is -0.448 e. The Labute approximate surface area is 207 Å². The van der Waals surface area contributed by atoms with Crippen LogP contribution in [0.2, 0.25) is 0 Å². The lowest BCUT2D eigenvalue weighted by Crippen LogP contribution is -2.55. The summed E-state index contributed by atoms with van der Waals surface area (Å²) in [5.74, 6) is 0.0234. The van der Waals surface area contributed by atoms with Crippen LogP contribution in [0.1, 0.15) is 58.2 Å². The molecule has 0 bridgehead atoms. The van der Waals surface area contributed by atoms with Gasteiger partial charge in [-0.25, -0.2) is 14.6 Å². The fraction of sp³-hybridized carbons (Fsp3) is 0.458. The fourth-order valence-corrected chi connectivity index (χ4v) is 2.86. The summed E-state index contributed by atoms with van der Waals surface area (Å²) in [6.07, 6.45) is -4.73. The van der Waals surface area contributed by atoms with Crippen LogP contribution in [0, 0.1) is 0 Å². The summed E-state index contributed by atoms with van der Waals surface area (Å²) in [5, 5.41) is 10.8. The van der Waals surface area contributed by atoms with Gasteiger partial charge in [0.2, 0.25) is 0 Å². The molecule has 0 unspecified atom stereocenters. The van der Waals surface area contributed by atoms with E-state index in [2.05, 4.69) is 4.98 Å². The number of nitrogens with zero attached hydrogens (tertiary/aromatic N) is 3. The quantitative estimate of drug-likeness (QED) is 0.343. The molecule has 1 aromatic carbocycles. The van der Waals surface area contributed by atoms with Crippen molar-refractivity contribution in [2.45, 2.75) is 71.7 Å². The van der Waals surface area contributed by atoms with E-state index in [0.717, 1.165) is 33.6 Å². The van der Waals surface area contributed by atoms with Gasteiger partial charge in [-0.1, -0.05) is 23.4 Å². The lowest BCUT2D eigenvalue weighted by molar-refractivity contribution is -0.229. The Morgan fingerprint density at radius 3 is 1.89 bits per heavy atom. The Balaban J connectivity index is 2.23. The maximum Gasteiger partial charge on any atom is 0.535 e. The molecular formula is C24H30F3N3O6. The largest absolute Gasteiger partial charge is 0.535 e. The highest BCUT2D eigenvalue weighted by Crippen LogP contribution is 2.29. The molecule has 0 saturated carbocycles. The van der Waals surface area contributed by atoms with Crippen molar-refractivity contribution in [1.29, 1.82) is 0 Å². The minimum absolute atomic E-state index is 0.0234. The first kappa shape index (κ1) is 28.7. The average Bonchev–Trinajstić information content (AvgIpc) is 2.72. The predicted octanol–water partition coefficient (Wildman–Crippen LogP) is 6.18. The molecule has 198 valence electrons. The van der Waals surface area contributed by atoms with Crippen LogP contribution in [0.5, 0.6) is 0 Å². The first-order valence-electron chi connectivity index (χ1n) is 11.0. The van der Waals surface area contributed by atoms with Crippen LogP contribution in [0.4, 0.5) is 28.6 Å². The highest BCUT2D eigenvalue weighted by Gasteiger charge is 2.37. The zero-order valence-electron chi connectivity index (χ0n) is 20.9. The van der Waals surface area contributed by atoms with Crippen LogP contribution < -0.4 is 5.17 Å². The number of benzene rings is 1. The van der Waals surface area contributed by atoms with E-state index < -0.39 is 35.2 Å².